The number of sulfonamides is 1. The molecular formula is C22H22Cl2N4O2S. The summed E-state index contributed by atoms with van der Waals surface area (Å²) >= 11 is 12.2. The van der Waals surface area contributed by atoms with Gasteiger partial charge < -0.3 is 4.90 Å². The van der Waals surface area contributed by atoms with E-state index in [4.69, 9.17) is 23.2 Å². The molecule has 6 nitrogen and oxygen atoms in total. The molecule has 4 rings (SSSR count). The summed E-state index contributed by atoms with van der Waals surface area (Å²) in [5.74, 6) is 0.706. The van der Waals surface area contributed by atoms with Gasteiger partial charge in [0.2, 0.25) is 10.0 Å². The van der Waals surface area contributed by atoms with Crippen LogP contribution in [-0.2, 0) is 10.0 Å². The summed E-state index contributed by atoms with van der Waals surface area (Å²) in [5, 5.41) is 9.70. The lowest BCUT2D eigenvalue weighted by atomic mass is 10.1. The molecular weight excluding hydrogens is 455 g/mol. The SMILES string of the molecule is Cc1ccc(S(=O)(=O)N2CCN(c3ccc(-c4ccc(Cl)cc4Cl)nn3)CC2)c(C)c1. The van der Waals surface area contributed by atoms with Gasteiger partial charge in [0.25, 0.3) is 0 Å². The van der Waals surface area contributed by atoms with Crippen molar-refractivity contribution < 1.29 is 8.42 Å². The Labute approximate surface area is 192 Å². The minimum absolute atomic E-state index is 0.371. The molecule has 0 saturated carbocycles. The Morgan fingerprint density at radius 3 is 2.23 bits per heavy atom. The summed E-state index contributed by atoms with van der Waals surface area (Å²) in [6.45, 7) is 5.65. The molecule has 3 aromatic rings. The maximum atomic E-state index is 13.1. The van der Waals surface area contributed by atoms with Crippen LogP contribution in [0.5, 0.6) is 0 Å². The van der Waals surface area contributed by atoms with Crippen molar-refractivity contribution in [1.29, 1.82) is 0 Å². The zero-order valence-corrected chi connectivity index (χ0v) is 19.5. The van der Waals surface area contributed by atoms with Crippen LogP contribution in [0.25, 0.3) is 11.3 Å². The summed E-state index contributed by atoms with van der Waals surface area (Å²) in [6, 6.07) is 14.4. The second-order valence-corrected chi connectivity index (χ2v) is 10.3. The molecule has 1 aliphatic heterocycles. The van der Waals surface area contributed by atoms with Crippen LogP contribution >= 0.6 is 23.2 Å². The zero-order valence-electron chi connectivity index (χ0n) is 17.2. The van der Waals surface area contributed by atoms with Gasteiger partial charge in [-0.05, 0) is 55.8 Å². The first-order valence-corrected chi connectivity index (χ1v) is 12.1. The van der Waals surface area contributed by atoms with Crippen molar-refractivity contribution in [3.8, 4) is 11.3 Å². The van der Waals surface area contributed by atoms with E-state index in [1.807, 2.05) is 49.1 Å². The molecule has 0 radical (unpaired) electrons. The quantitative estimate of drug-likeness (QED) is 0.551. The average Bonchev–Trinajstić information content (AvgIpc) is 2.74. The van der Waals surface area contributed by atoms with Crippen molar-refractivity contribution >= 4 is 39.0 Å². The van der Waals surface area contributed by atoms with Crippen LogP contribution in [0.1, 0.15) is 11.1 Å². The van der Waals surface area contributed by atoms with Gasteiger partial charge >= 0.3 is 0 Å². The molecule has 0 N–H and O–H groups in total. The third-order valence-electron chi connectivity index (χ3n) is 5.37. The highest BCUT2D eigenvalue weighted by Crippen LogP contribution is 2.29. The van der Waals surface area contributed by atoms with Gasteiger partial charge in [-0.2, -0.15) is 4.31 Å². The first kappa shape index (κ1) is 22.0. The second-order valence-electron chi connectivity index (χ2n) is 7.56. The predicted molar refractivity (Wildman–Crippen MR) is 124 cm³/mol. The Bertz CT molecular complexity index is 1210. The Hall–Kier alpha value is -2.19. The number of aromatic nitrogens is 2. The maximum Gasteiger partial charge on any atom is 0.243 e. The highest BCUT2D eigenvalue weighted by Gasteiger charge is 2.30. The molecule has 0 bridgehead atoms. The number of aryl methyl sites for hydroxylation is 2. The van der Waals surface area contributed by atoms with E-state index in [0.717, 1.165) is 16.7 Å². The number of benzene rings is 2. The van der Waals surface area contributed by atoms with Gasteiger partial charge in [-0.25, -0.2) is 8.42 Å². The van der Waals surface area contributed by atoms with Gasteiger partial charge in [-0.1, -0.05) is 40.9 Å². The van der Waals surface area contributed by atoms with Crippen LogP contribution in [0.3, 0.4) is 0 Å². The van der Waals surface area contributed by atoms with Gasteiger partial charge in [-0.3, -0.25) is 0 Å². The van der Waals surface area contributed by atoms with Crippen LogP contribution in [0.15, 0.2) is 53.4 Å². The Kier molecular flexibility index (Phi) is 6.21. The van der Waals surface area contributed by atoms with Gasteiger partial charge in [-0.15, -0.1) is 10.2 Å². The fourth-order valence-corrected chi connectivity index (χ4v) is 5.85. The van der Waals surface area contributed by atoms with E-state index in [1.165, 1.54) is 4.31 Å². The molecule has 0 atom stereocenters. The summed E-state index contributed by atoms with van der Waals surface area (Å²) in [5.41, 5.74) is 3.23. The zero-order chi connectivity index (χ0) is 22.2. The molecule has 2 heterocycles. The monoisotopic (exact) mass is 476 g/mol. The number of halogens is 2. The van der Waals surface area contributed by atoms with Crippen molar-refractivity contribution in [2.75, 3.05) is 31.1 Å². The van der Waals surface area contributed by atoms with Crippen LogP contribution in [0, 0.1) is 13.8 Å². The fraction of sp³-hybridized carbons (Fsp3) is 0.273. The molecule has 9 heteroatoms. The molecule has 1 fully saturated rings. The highest BCUT2D eigenvalue weighted by atomic mass is 35.5. The summed E-state index contributed by atoms with van der Waals surface area (Å²) in [4.78, 5) is 2.41. The number of anilines is 1. The molecule has 0 aliphatic carbocycles. The lowest BCUT2D eigenvalue weighted by Crippen LogP contribution is -2.49. The summed E-state index contributed by atoms with van der Waals surface area (Å²) in [6.07, 6.45) is 0. The first-order chi connectivity index (χ1) is 14.8. The van der Waals surface area contributed by atoms with E-state index >= 15 is 0 Å². The van der Waals surface area contributed by atoms with Gasteiger partial charge in [0.05, 0.1) is 15.6 Å². The number of hydrogen-bond acceptors (Lipinski definition) is 5. The standard InChI is InChI=1S/C22H22Cl2N4O2S/c1-15-3-7-21(16(2)13-15)31(29,30)28-11-9-27(10-12-28)22-8-6-20(25-26-22)18-5-4-17(23)14-19(18)24/h3-8,13-14H,9-12H2,1-2H3. The molecule has 0 amide bonds. The molecule has 1 saturated heterocycles. The molecule has 162 valence electrons. The molecule has 0 unspecified atom stereocenters. The summed E-state index contributed by atoms with van der Waals surface area (Å²) in [7, 11) is -3.52. The van der Waals surface area contributed by atoms with E-state index in [2.05, 4.69) is 10.2 Å². The predicted octanol–water partition coefficient (Wildman–Crippen LogP) is 4.58. The Morgan fingerprint density at radius 2 is 1.61 bits per heavy atom. The topological polar surface area (TPSA) is 66.4 Å². The van der Waals surface area contributed by atoms with Crippen molar-refractivity contribution in [3.05, 3.63) is 69.7 Å². The highest BCUT2D eigenvalue weighted by molar-refractivity contribution is 7.89. The maximum absolute atomic E-state index is 13.1. The fourth-order valence-electron chi connectivity index (χ4n) is 3.72. The molecule has 1 aliphatic rings. The Balaban J connectivity index is 1.46. The second kappa shape index (κ2) is 8.74. The largest absolute Gasteiger partial charge is 0.352 e. The number of piperazine rings is 1. The minimum Gasteiger partial charge on any atom is -0.352 e. The smallest absolute Gasteiger partial charge is 0.243 e. The van der Waals surface area contributed by atoms with E-state index < -0.39 is 10.0 Å². The molecule has 0 spiro atoms. The lowest BCUT2D eigenvalue weighted by molar-refractivity contribution is 0.383. The van der Waals surface area contributed by atoms with Gasteiger partial charge in [0, 0.05) is 36.8 Å². The lowest BCUT2D eigenvalue weighted by Gasteiger charge is -2.34. The van der Waals surface area contributed by atoms with E-state index in [0.29, 0.717) is 52.6 Å². The van der Waals surface area contributed by atoms with Crippen LogP contribution < -0.4 is 4.90 Å². The van der Waals surface area contributed by atoms with E-state index in [9.17, 15) is 8.42 Å². The minimum atomic E-state index is -3.52. The Morgan fingerprint density at radius 1 is 0.871 bits per heavy atom. The number of rotatable bonds is 4. The van der Waals surface area contributed by atoms with Crippen molar-refractivity contribution in [3.63, 3.8) is 0 Å². The summed E-state index contributed by atoms with van der Waals surface area (Å²) < 4.78 is 27.7. The number of nitrogens with zero attached hydrogens (tertiary/aromatic N) is 4. The van der Waals surface area contributed by atoms with Crippen molar-refractivity contribution in [2.24, 2.45) is 0 Å². The molecule has 1 aromatic heterocycles. The third-order valence-corrected chi connectivity index (χ3v) is 7.98. The van der Waals surface area contributed by atoms with Gasteiger partial charge in [0.1, 0.15) is 0 Å². The van der Waals surface area contributed by atoms with Crippen LogP contribution in [-0.4, -0.2) is 49.1 Å². The third kappa shape index (κ3) is 4.55. The molecule has 31 heavy (non-hydrogen) atoms. The first-order valence-electron chi connectivity index (χ1n) is 9.87. The number of hydrogen-bond donors (Lipinski definition) is 0. The molecule has 2 aromatic carbocycles. The van der Waals surface area contributed by atoms with E-state index in [-0.39, 0.29) is 0 Å². The normalized spacial score (nSPS) is 15.3. The van der Waals surface area contributed by atoms with Gasteiger partial charge in [0.15, 0.2) is 5.82 Å². The van der Waals surface area contributed by atoms with Crippen molar-refractivity contribution in [1.82, 2.24) is 14.5 Å². The van der Waals surface area contributed by atoms with Crippen molar-refractivity contribution in [2.45, 2.75) is 18.7 Å². The van der Waals surface area contributed by atoms with Crippen LogP contribution in [0.2, 0.25) is 10.0 Å². The average molecular weight is 477 g/mol. The van der Waals surface area contributed by atoms with Crippen LogP contribution in [0.4, 0.5) is 5.82 Å². The van der Waals surface area contributed by atoms with E-state index in [1.54, 1.807) is 18.2 Å².